The molecule has 2 aromatic rings. The van der Waals surface area contributed by atoms with Crippen LogP contribution in [0.5, 0.6) is 0 Å². The van der Waals surface area contributed by atoms with Gasteiger partial charge in [-0.2, -0.15) is 0 Å². The molecule has 0 aliphatic rings. The molecule has 0 saturated carbocycles. The topological polar surface area (TPSA) is 56.0 Å². The van der Waals surface area contributed by atoms with Gasteiger partial charge in [0.25, 0.3) is 0 Å². The third kappa shape index (κ3) is 2.43. The number of aryl methyl sites for hydroxylation is 1. The van der Waals surface area contributed by atoms with Crippen molar-refractivity contribution in [1.82, 2.24) is 4.98 Å². The zero-order valence-electron chi connectivity index (χ0n) is 8.19. The summed E-state index contributed by atoms with van der Waals surface area (Å²) in [5, 5.41) is 4.22. The highest BCUT2D eigenvalue weighted by Gasteiger charge is 2.10. The molecule has 0 bridgehead atoms. The summed E-state index contributed by atoms with van der Waals surface area (Å²) >= 11 is 2.95. The van der Waals surface area contributed by atoms with Crippen molar-refractivity contribution in [3.05, 3.63) is 33.0 Å². The lowest BCUT2D eigenvalue weighted by atomic mass is 10.1. The molecule has 2 N–H and O–H groups in total. The van der Waals surface area contributed by atoms with Crippen LogP contribution in [0.15, 0.2) is 16.8 Å². The number of anilines is 1. The van der Waals surface area contributed by atoms with E-state index < -0.39 is 0 Å². The fourth-order valence-corrected chi connectivity index (χ4v) is 2.53. The number of Topliss-reactive ketones (excluding diaryl/α,β-unsaturated/α-hetero) is 1. The van der Waals surface area contributed by atoms with Crippen molar-refractivity contribution < 1.29 is 4.79 Å². The van der Waals surface area contributed by atoms with Gasteiger partial charge >= 0.3 is 0 Å². The van der Waals surface area contributed by atoms with Crippen molar-refractivity contribution in [3.8, 4) is 0 Å². The maximum atomic E-state index is 11.8. The van der Waals surface area contributed by atoms with Gasteiger partial charge in [0.05, 0.1) is 12.1 Å². The molecule has 0 aromatic carbocycles. The minimum atomic E-state index is 0.102. The van der Waals surface area contributed by atoms with Crippen LogP contribution in [0, 0.1) is 6.92 Å². The van der Waals surface area contributed by atoms with Gasteiger partial charge in [-0.05, 0) is 13.0 Å². The Morgan fingerprint density at radius 2 is 2.27 bits per heavy atom. The van der Waals surface area contributed by atoms with Gasteiger partial charge in [0.1, 0.15) is 0 Å². The Labute approximate surface area is 95.6 Å². The SMILES string of the molecule is Cc1cc(C(=O)Cc2csc(N)n2)cs1. The summed E-state index contributed by atoms with van der Waals surface area (Å²) in [5.41, 5.74) is 7.02. The lowest BCUT2D eigenvalue weighted by Crippen LogP contribution is -2.02. The molecular formula is C10H10N2OS2. The molecule has 0 aliphatic carbocycles. The summed E-state index contributed by atoms with van der Waals surface area (Å²) in [6, 6.07) is 1.91. The standard InChI is InChI=1S/C10H10N2OS2/c1-6-2-7(4-14-6)9(13)3-8-5-15-10(11)12-8/h2,4-5H,3H2,1H3,(H2,11,12). The van der Waals surface area contributed by atoms with Gasteiger partial charge in [-0.3, -0.25) is 4.79 Å². The van der Waals surface area contributed by atoms with Gasteiger partial charge in [0, 0.05) is 21.2 Å². The predicted molar refractivity (Wildman–Crippen MR) is 63.6 cm³/mol. The first kappa shape index (κ1) is 10.3. The van der Waals surface area contributed by atoms with Gasteiger partial charge in [0.15, 0.2) is 10.9 Å². The average Bonchev–Trinajstić information content (AvgIpc) is 2.75. The molecule has 2 heterocycles. The van der Waals surface area contributed by atoms with E-state index in [0.717, 1.165) is 16.1 Å². The number of carbonyl (C=O) groups excluding carboxylic acids is 1. The normalized spacial score (nSPS) is 10.5. The number of hydrogen-bond acceptors (Lipinski definition) is 5. The smallest absolute Gasteiger partial charge is 0.180 e. The van der Waals surface area contributed by atoms with E-state index in [2.05, 4.69) is 4.98 Å². The van der Waals surface area contributed by atoms with Crippen LogP contribution in [0.4, 0.5) is 5.13 Å². The Bertz CT molecular complexity index is 487. The highest BCUT2D eigenvalue weighted by atomic mass is 32.1. The van der Waals surface area contributed by atoms with Gasteiger partial charge in [0.2, 0.25) is 0 Å². The highest BCUT2D eigenvalue weighted by molar-refractivity contribution is 7.13. The molecule has 0 unspecified atom stereocenters. The fourth-order valence-electron chi connectivity index (χ4n) is 1.26. The molecule has 0 fully saturated rings. The lowest BCUT2D eigenvalue weighted by Gasteiger charge is -1.93. The minimum Gasteiger partial charge on any atom is -0.375 e. The van der Waals surface area contributed by atoms with Gasteiger partial charge < -0.3 is 5.73 Å². The zero-order chi connectivity index (χ0) is 10.8. The van der Waals surface area contributed by atoms with E-state index in [4.69, 9.17) is 5.73 Å². The first-order valence-corrected chi connectivity index (χ1v) is 6.19. The summed E-state index contributed by atoms with van der Waals surface area (Å²) in [6.07, 6.45) is 0.337. The third-order valence-corrected chi connectivity index (χ3v) is 3.55. The van der Waals surface area contributed by atoms with Crippen LogP contribution in [0.2, 0.25) is 0 Å². The van der Waals surface area contributed by atoms with Crippen molar-refractivity contribution in [1.29, 1.82) is 0 Å². The first-order chi connectivity index (χ1) is 7.15. The molecule has 0 aliphatic heterocycles. The second-order valence-electron chi connectivity index (χ2n) is 3.22. The largest absolute Gasteiger partial charge is 0.375 e. The summed E-state index contributed by atoms with van der Waals surface area (Å²) in [7, 11) is 0. The van der Waals surface area contributed by atoms with Crippen LogP contribution in [0.1, 0.15) is 20.9 Å². The second kappa shape index (κ2) is 4.12. The highest BCUT2D eigenvalue weighted by Crippen LogP contribution is 2.17. The maximum Gasteiger partial charge on any atom is 0.180 e. The molecule has 0 radical (unpaired) electrons. The Kier molecular flexibility index (Phi) is 2.83. The van der Waals surface area contributed by atoms with Crippen molar-refractivity contribution in [2.75, 3.05) is 5.73 Å². The number of carbonyl (C=O) groups is 1. The third-order valence-electron chi connectivity index (χ3n) is 1.96. The molecule has 0 saturated heterocycles. The molecule has 0 amide bonds. The number of thiophene rings is 1. The number of aromatic nitrogens is 1. The molecule has 78 valence electrons. The van der Waals surface area contributed by atoms with Crippen LogP contribution in [-0.2, 0) is 6.42 Å². The van der Waals surface area contributed by atoms with Crippen LogP contribution in [0.3, 0.4) is 0 Å². The van der Waals surface area contributed by atoms with E-state index in [-0.39, 0.29) is 5.78 Å². The predicted octanol–water partition coefficient (Wildman–Crippen LogP) is 2.52. The van der Waals surface area contributed by atoms with E-state index in [0.29, 0.717) is 11.6 Å². The van der Waals surface area contributed by atoms with Crippen LogP contribution < -0.4 is 5.73 Å². The quantitative estimate of drug-likeness (QED) is 0.836. The van der Waals surface area contributed by atoms with E-state index in [1.165, 1.54) is 11.3 Å². The molecular weight excluding hydrogens is 228 g/mol. The van der Waals surface area contributed by atoms with Crippen molar-refractivity contribution >= 4 is 33.6 Å². The van der Waals surface area contributed by atoms with E-state index >= 15 is 0 Å². The number of nitrogens with two attached hydrogens (primary N) is 1. The molecule has 2 aromatic heterocycles. The molecule has 2 rings (SSSR count). The Hall–Kier alpha value is -1.20. The summed E-state index contributed by atoms with van der Waals surface area (Å²) < 4.78 is 0. The Morgan fingerprint density at radius 1 is 1.47 bits per heavy atom. The van der Waals surface area contributed by atoms with Crippen LogP contribution in [-0.4, -0.2) is 10.8 Å². The minimum absolute atomic E-state index is 0.102. The van der Waals surface area contributed by atoms with Crippen molar-refractivity contribution in [2.45, 2.75) is 13.3 Å². The lowest BCUT2D eigenvalue weighted by molar-refractivity contribution is 0.0992. The van der Waals surface area contributed by atoms with E-state index in [9.17, 15) is 4.79 Å². The molecule has 3 nitrogen and oxygen atoms in total. The molecule has 0 spiro atoms. The number of thiazole rings is 1. The Morgan fingerprint density at radius 3 is 2.80 bits per heavy atom. The van der Waals surface area contributed by atoms with Crippen LogP contribution >= 0.6 is 22.7 Å². The zero-order valence-corrected chi connectivity index (χ0v) is 9.82. The molecule has 15 heavy (non-hydrogen) atoms. The number of hydrogen-bond donors (Lipinski definition) is 1. The van der Waals surface area contributed by atoms with Gasteiger partial charge in [-0.15, -0.1) is 22.7 Å². The summed E-state index contributed by atoms with van der Waals surface area (Å²) in [4.78, 5) is 17.0. The monoisotopic (exact) mass is 238 g/mol. The summed E-state index contributed by atoms with van der Waals surface area (Å²) in [5.74, 6) is 0.102. The Balaban J connectivity index is 2.10. The number of ketones is 1. The summed E-state index contributed by atoms with van der Waals surface area (Å²) in [6.45, 7) is 1.99. The first-order valence-electron chi connectivity index (χ1n) is 4.43. The van der Waals surface area contributed by atoms with E-state index in [1.54, 1.807) is 11.3 Å². The number of nitrogens with zero attached hydrogens (tertiary/aromatic N) is 1. The number of nitrogen functional groups attached to an aromatic ring is 1. The van der Waals surface area contributed by atoms with Crippen molar-refractivity contribution in [3.63, 3.8) is 0 Å². The van der Waals surface area contributed by atoms with Crippen LogP contribution in [0.25, 0.3) is 0 Å². The fraction of sp³-hybridized carbons (Fsp3) is 0.200. The average molecular weight is 238 g/mol. The molecule has 0 atom stereocenters. The molecule has 5 heteroatoms. The maximum absolute atomic E-state index is 11.8. The van der Waals surface area contributed by atoms with Crippen molar-refractivity contribution in [2.24, 2.45) is 0 Å². The van der Waals surface area contributed by atoms with Gasteiger partial charge in [-0.25, -0.2) is 4.98 Å². The number of rotatable bonds is 3. The van der Waals surface area contributed by atoms with E-state index in [1.807, 2.05) is 23.8 Å². The van der Waals surface area contributed by atoms with Gasteiger partial charge in [-0.1, -0.05) is 0 Å². The second-order valence-corrected chi connectivity index (χ2v) is 5.23.